The Hall–Kier alpha value is -5.95. The number of hydrogen-bond donors (Lipinski definition) is 0. The van der Waals surface area contributed by atoms with Crippen LogP contribution in [0.2, 0.25) is 0 Å². The molecule has 0 unspecified atom stereocenters. The maximum Gasteiger partial charge on any atom is 0.293 e. The highest BCUT2D eigenvalue weighted by Gasteiger charge is 2.83. The summed E-state index contributed by atoms with van der Waals surface area (Å²) in [5.41, 5.74) is 3.97. The Morgan fingerprint density at radius 1 is 0.580 bits per heavy atom. The van der Waals surface area contributed by atoms with Crippen molar-refractivity contribution in [2.75, 3.05) is 4.90 Å². The summed E-state index contributed by atoms with van der Waals surface area (Å²) in [5, 5.41) is 12.5. The minimum atomic E-state index is -1.59. The first kappa shape index (κ1) is 31.3. The van der Waals surface area contributed by atoms with Gasteiger partial charge in [0.1, 0.15) is 5.69 Å². The Kier molecular flexibility index (Phi) is 6.91. The van der Waals surface area contributed by atoms with Gasteiger partial charge in [-0.3, -0.25) is 24.5 Å². The van der Waals surface area contributed by atoms with E-state index in [2.05, 4.69) is 0 Å². The van der Waals surface area contributed by atoms with Gasteiger partial charge in [0.05, 0.1) is 27.6 Å². The van der Waals surface area contributed by atoms with Gasteiger partial charge < -0.3 is 0 Å². The number of hydrogen-bond acceptors (Lipinski definition) is 5. The van der Waals surface area contributed by atoms with Crippen LogP contribution in [0.25, 0.3) is 11.1 Å². The SMILES string of the molecule is Cc1ccc(C2=C(c3ccc(C)cc3)[C@@]3(c4ccccc4)C(=O)[C@@]2(c2ccccc2)[C@@H]2C(=O)N(c4cc(C)c(C)cc4[N+](=O)[O-])C(=O)[C@H]23)cc1. The van der Waals surface area contributed by atoms with E-state index in [4.69, 9.17) is 0 Å². The molecule has 246 valence electrons. The summed E-state index contributed by atoms with van der Waals surface area (Å²) in [6.45, 7) is 7.54. The van der Waals surface area contributed by atoms with Crippen molar-refractivity contribution in [2.45, 2.75) is 38.5 Å². The third-order valence-corrected chi connectivity index (χ3v) is 11.2. The van der Waals surface area contributed by atoms with E-state index in [1.54, 1.807) is 19.9 Å². The van der Waals surface area contributed by atoms with Gasteiger partial charge in [0.25, 0.3) is 5.69 Å². The summed E-state index contributed by atoms with van der Waals surface area (Å²) in [6.07, 6.45) is 0. The minimum absolute atomic E-state index is 0.0745. The number of nitro benzene ring substituents is 1. The number of amides is 2. The topological polar surface area (TPSA) is 97.6 Å². The molecule has 50 heavy (non-hydrogen) atoms. The maximum absolute atomic E-state index is 16.1. The molecular formula is C43H34N2O5. The van der Waals surface area contributed by atoms with Crippen LogP contribution in [0.4, 0.5) is 11.4 Å². The van der Waals surface area contributed by atoms with Crippen molar-refractivity contribution in [3.05, 3.63) is 176 Å². The van der Waals surface area contributed by atoms with Gasteiger partial charge in [-0.05, 0) is 78.3 Å². The van der Waals surface area contributed by atoms with Crippen molar-refractivity contribution >= 4 is 40.1 Å². The Balaban J connectivity index is 1.55. The van der Waals surface area contributed by atoms with Crippen molar-refractivity contribution in [3.63, 3.8) is 0 Å². The molecule has 2 aliphatic carbocycles. The molecule has 7 heteroatoms. The van der Waals surface area contributed by atoms with Gasteiger partial charge in [-0.2, -0.15) is 0 Å². The second kappa shape index (κ2) is 11.0. The molecule has 5 aromatic carbocycles. The molecule has 3 aliphatic rings. The number of benzene rings is 5. The third kappa shape index (κ3) is 3.94. The molecule has 8 rings (SSSR count). The lowest BCUT2D eigenvalue weighted by atomic mass is 9.59. The number of carbonyl (C=O) groups excluding carboxylic acids is 3. The van der Waals surface area contributed by atoms with Crippen LogP contribution in [-0.2, 0) is 25.2 Å². The molecular weight excluding hydrogens is 624 g/mol. The molecule has 1 saturated heterocycles. The highest BCUT2D eigenvalue weighted by molar-refractivity contribution is 6.39. The number of aryl methyl sites for hydroxylation is 4. The fourth-order valence-corrected chi connectivity index (χ4v) is 8.91. The number of carbonyl (C=O) groups is 3. The van der Waals surface area contributed by atoms with Gasteiger partial charge in [0.2, 0.25) is 11.8 Å². The van der Waals surface area contributed by atoms with Crippen LogP contribution in [-0.4, -0.2) is 22.5 Å². The zero-order valence-electron chi connectivity index (χ0n) is 28.1. The van der Waals surface area contributed by atoms with E-state index < -0.39 is 39.4 Å². The second-order valence-corrected chi connectivity index (χ2v) is 13.8. The number of nitrogens with zero attached hydrogens (tertiary/aromatic N) is 2. The van der Waals surface area contributed by atoms with Crippen LogP contribution in [0.3, 0.4) is 0 Å². The molecule has 0 aromatic heterocycles. The van der Waals surface area contributed by atoms with Crippen LogP contribution >= 0.6 is 0 Å². The van der Waals surface area contributed by atoms with Crippen LogP contribution in [0, 0.1) is 49.6 Å². The van der Waals surface area contributed by atoms with Crippen molar-refractivity contribution in [1.29, 1.82) is 0 Å². The molecule has 5 aromatic rings. The molecule has 2 amide bonds. The highest BCUT2D eigenvalue weighted by Crippen LogP contribution is 2.74. The summed E-state index contributed by atoms with van der Waals surface area (Å²) in [6, 6.07) is 37.4. The van der Waals surface area contributed by atoms with Gasteiger partial charge >= 0.3 is 0 Å². The van der Waals surface area contributed by atoms with E-state index in [9.17, 15) is 10.1 Å². The van der Waals surface area contributed by atoms with Gasteiger partial charge in [-0.25, -0.2) is 4.90 Å². The van der Waals surface area contributed by atoms with Gasteiger partial charge in [-0.1, -0.05) is 120 Å². The molecule has 0 spiro atoms. The Morgan fingerprint density at radius 3 is 1.38 bits per heavy atom. The van der Waals surface area contributed by atoms with E-state index in [1.165, 1.54) is 6.07 Å². The number of nitro groups is 1. The number of fused-ring (bicyclic) bond motifs is 5. The molecule has 2 bridgehead atoms. The summed E-state index contributed by atoms with van der Waals surface area (Å²) in [4.78, 5) is 59.6. The smallest absolute Gasteiger partial charge is 0.293 e. The van der Waals surface area contributed by atoms with E-state index >= 15 is 14.4 Å². The minimum Gasteiger partial charge on any atom is -0.297 e. The molecule has 1 saturated carbocycles. The number of rotatable bonds is 6. The number of imide groups is 1. The summed E-state index contributed by atoms with van der Waals surface area (Å²) in [7, 11) is 0. The lowest BCUT2D eigenvalue weighted by molar-refractivity contribution is -0.384. The van der Waals surface area contributed by atoms with Crippen molar-refractivity contribution in [1.82, 2.24) is 0 Å². The maximum atomic E-state index is 16.1. The number of ketones is 1. The highest BCUT2D eigenvalue weighted by atomic mass is 16.6. The monoisotopic (exact) mass is 658 g/mol. The lowest BCUT2D eigenvalue weighted by Gasteiger charge is -2.39. The third-order valence-electron chi connectivity index (χ3n) is 11.2. The summed E-state index contributed by atoms with van der Waals surface area (Å²) in [5.74, 6) is -3.81. The average molecular weight is 659 g/mol. The van der Waals surface area contributed by atoms with Crippen molar-refractivity contribution in [3.8, 4) is 0 Å². The van der Waals surface area contributed by atoms with Crippen molar-refractivity contribution in [2.24, 2.45) is 11.8 Å². The Labute approximate surface area is 290 Å². The first-order chi connectivity index (χ1) is 24.0. The largest absolute Gasteiger partial charge is 0.297 e. The Morgan fingerprint density at radius 2 is 0.980 bits per heavy atom. The van der Waals surface area contributed by atoms with Gasteiger partial charge in [-0.15, -0.1) is 0 Å². The fourth-order valence-electron chi connectivity index (χ4n) is 8.91. The Bertz CT molecular complexity index is 2170. The molecule has 1 heterocycles. The second-order valence-electron chi connectivity index (χ2n) is 13.8. The zero-order valence-corrected chi connectivity index (χ0v) is 28.1. The van der Waals surface area contributed by atoms with Crippen LogP contribution in [0.1, 0.15) is 44.5 Å². The molecule has 7 nitrogen and oxygen atoms in total. The molecule has 0 N–H and O–H groups in total. The summed E-state index contributed by atoms with van der Waals surface area (Å²) < 4.78 is 0. The number of anilines is 1. The van der Waals surface area contributed by atoms with E-state index in [0.717, 1.165) is 27.2 Å². The molecule has 1 aliphatic heterocycles. The first-order valence-electron chi connectivity index (χ1n) is 16.7. The lowest BCUT2D eigenvalue weighted by Crippen LogP contribution is -2.45. The normalized spacial score (nSPS) is 23.9. The van der Waals surface area contributed by atoms with Crippen molar-refractivity contribution < 1.29 is 19.3 Å². The van der Waals surface area contributed by atoms with Crippen LogP contribution in [0.5, 0.6) is 0 Å². The fraction of sp³-hybridized carbons (Fsp3) is 0.186. The predicted octanol–water partition coefficient (Wildman–Crippen LogP) is 8.02. The number of Topliss-reactive ketones (excluding diaryl/α,β-unsaturated/α-hetero) is 1. The number of allylic oxidation sites excluding steroid dienone is 2. The quantitative estimate of drug-likeness (QED) is 0.105. The van der Waals surface area contributed by atoms with Gasteiger partial charge in [0, 0.05) is 6.07 Å². The zero-order chi connectivity index (χ0) is 35.1. The summed E-state index contributed by atoms with van der Waals surface area (Å²) >= 11 is 0. The first-order valence-corrected chi connectivity index (χ1v) is 16.7. The predicted molar refractivity (Wildman–Crippen MR) is 192 cm³/mol. The van der Waals surface area contributed by atoms with E-state index in [0.29, 0.717) is 33.4 Å². The van der Waals surface area contributed by atoms with E-state index in [1.807, 2.05) is 123 Å². The standard InChI is InChI=1S/C43H34N2O5/c1-25-15-19-29(20-16-25)35-36(30-21-17-26(2)18-22-30)43(32-13-9-6-10-14-32)38-37(42(35,41(43)48)31-11-7-5-8-12-31)39(46)44(40(38)47)33-23-27(3)28(4)24-34(33)45(49)50/h5-24,37-38H,1-4H3/t37-,38-,42+,43+/m0/s1. The van der Waals surface area contributed by atoms with Gasteiger partial charge in [0.15, 0.2) is 5.78 Å². The van der Waals surface area contributed by atoms with E-state index in [-0.39, 0.29) is 17.2 Å². The molecule has 4 atom stereocenters. The molecule has 2 fully saturated rings. The van der Waals surface area contributed by atoms with Crippen LogP contribution < -0.4 is 4.90 Å². The molecule has 0 radical (unpaired) electrons. The average Bonchev–Trinajstić information content (AvgIpc) is 3.62. The van der Waals surface area contributed by atoms with Crippen LogP contribution in [0.15, 0.2) is 121 Å².